The lowest BCUT2D eigenvalue weighted by Gasteiger charge is -2.24. The zero-order chi connectivity index (χ0) is 27.0. The van der Waals surface area contributed by atoms with Crippen molar-refractivity contribution in [2.75, 3.05) is 48.4 Å². The number of fused-ring (bicyclic) bond motifs is 2. The first-order valence-electron chi connectivity index (χ1n) is 11.9. The predicted molar refractivity (Wildman–Crippen MR) is 154 cm³/mol. The van der Waals surface area contributed by atoms with Gasteiger partial charge in [-0.25, -0.2) is 13.4 Å². The molecule has 0 saturated carbocycles. The maximum atomic E-state index is 13.2. The highest BCUT2D eigenvalue weighted by molar-refractivity contribution is 7.92. The van der Waals surface area contributed by atoms with Gasteiger partial charge in [0.15, 0.2) is 0 Å². The van der Waals surface area contributed by atoms with E-state index in [0.29, 0.717) is 46.4 Å². The van der Waals surface area contributed by atoms with Gasteiger partial charge < -0.3 is 20.5 Å². The highest BCUT2D eigenvalue weighted by atomic mass is 35.5. The van der Waals surface area contributed by atoms with E-state index in [1.165, 1.54) is 10.6 Å². The van der Waals surface area contributed by atoms with E-state index in [1.807, 2.05) is 43.3 Å². The minimum absolute atomic E-state index is 0.254. The Bertz CT molecular complexity index is 1660. The Hall–Kier alpha value is -3.86. The molecule has 9 nitrogen and oxygen atoms in total. The first-order valence-corrected chi connectivity index (χ1v) is 14.1. The van der Waals surface area contributed by atoms with E-state index in [9.17, 15) is 13.2 Å². The van der Waals surface area contributed by atoms with E-state index in [4.69, 9.17) is 11.6 Å². The Labute approximate surface area is 226 Å². The summed E-state index contributed by atoms with van der Waals surface area (Å²) in [5.41, 5.74) is 6.09. The lowest BCUT2D eigenvalue weighted by atomic mass is 9.99. The van der Waals surface area contributed by atoms with E-state index in [2.05, 4.69) is 20.6 Å². The highest BCUT2D eigenvalue weighted by Gasteiger charge is 2.29. The molecule has 1 aromatic heterocycles. The van der Waals surface area contributed by atoms with Crippen LogP contribution in [0, 0.1) is 0 Å². The molecular formula is C27H27ClN6O3S. The Kier molecular flexibility index (Phi) is 6.87. The number of halogens is 1. The molecule has 0 atom stereocenters. The zero-order valence-corrected chi connectivity index (χ0v) is 22.7. The fourth-order valence-electron chi connectivity index (χ4n) is 4.39. The second-order valence-corrected chi connectivity index (χ2v) is 11.7. The molecule has 38 heavy (non-hydrogen) atoms. The summed E-state index contributed by atoms with van der Waals surface area (Å²) in [5.74, 6) is -0.254. The molecule has 0 radical (unpaired) electrons. The second kappa shape index (κ2) is 10.1. The third-order valence-electron chi connectivity index (χ3n) is 6.26. The van der Waals surface area contributed by atoms with Gasteiger partial charge in [-0.15, -0.1) is 0 Å². The summed E-state index contributed by atoms with van der Waals surface area (Å²) in [6.07, 6.45) is 2.82. The van der Waals surface area contributed by atoms with Crippen LogP contribution in [0.4, 0.5) is 17.1 Å². The topological polar surface area (TPSA) is 110 Å². The number of aromatic nitrogens is 2. The molecule has 0 aliphatic carbocycles. The first kappa shape index (κ1) is 25.8. The molecule has 3 aromatic carbocycles. The van der Waals surface area contributed by atoms with Crippen molar-refractivity contribution < 1.29 is 13.2 Å². The number of likely N-dealkylation sites (N-methyl/N-ethyl adjacent to an activating group) is 1. The van der Waals surface area contributed by atoms with Crippen molar-refractivity contribution in [3.8, 4) is 0 Å². The second-order valence-electron chi connectivity index (χ2n) is 9.34. The summed E-state index contributed by atoms with van der Waals surface area (Å²) in [5, 5.41) is 6.83. The van der Waals surface area contributed by atoms with Crippen LogP contribution in [0.2, 0.25) is 5.02 Å². The van der Waals surface area contributed by atoms with E-state index in [0.717, 1.165) is 22.2 Å². The monoisotopic (exact) mass is 550 g/mol. The first-order chi connectivity index (χ1) is 18.1. The van der Waals surface area contributed by atoms with Crippen molar-refractivity contribution in [1.82, 2.24) is 14.9 Å². The van der Waals surface area contributed by atoms with Gasteiger partial charge in [0.1, 0.15) is 0 Å². The summed E-state index contributed by atoms with van der Waals surface area (Å²) in [4.78, 5) is 22.6. The van der Waals surface area contributed by atoms with Gasteiger partial charge in [-0.2, -0.15) is 0 Å². The minimum Gasteiger partial charge on any atom is -0.354 e. The van der Waals surface area contributed by atoms with Gasteiger partial charge in [0, 0.05) is 34.9 Å². The number of nitrogens with one attached hydrogen (secondary N) is 3. The van der Waals surface area contributed by atoms with Crippen molar-refractivity contribution in [1.29, 1.82) is 0 Å². The average Bonchev–Trinajstić information content (AvgIpc) is 3.45. The number of carbonyl (C=O) groups is 1. The molecule has 4 aromatic rings. The van der Waals surface area contributed by atoms with Gasteiger partial charge in [0.25, 0.3) is 5.91 Å². The van der Waals surface area contributed by atoms with E-state index >= 15 is 0 Å². The molecule has 5 rings (SSSR count). The van der Waals surface area contributed by atoms with Crippen molar-refractivity contribution in [2.45, 2.75) is 0 Å². The Morgan fingerprint density at radius 1 is 1.03 bits per heavy atom. The summed E-state index contributed by atoms with van der Waals surface area (Å²) in [6.45, 7) is 0.911. The average molecular weight is 551 g/mol. The summed E-state index contributed by atoms with van der Waals surface area (Å²) in [7, 11) is 0.332. The maximum Gasteiger partial charge on any atom is 0.258 e. The SMILES string of the molecule is CN(C)CCN(c1ccc(N/C(=C2\C(=O)Nc3cc(Cl)ccc32)c2ccc3[nH]cnc3c2)cc1)S(C)(=O)=O. The van der Waals surface area contributed by atoms with Crippen LogP contribution in [0.15, 0.2) is 67.0 Å². The molecule has 0 unspecified atom stereocenters. The molecule has 1 amide bonds. The number of hydrogen-bond acceptors (Lipinski definition) is 6. The standard InChI is InChI=1S/C27H27ClN6O3S/c1-33(2)12-13-34(38(3,36)37)20-8-6-19(7-9-20)31-26(17-4-11-22-24(14-17)30-16-29-22)25-21-10-5-18(28)15-23(21)32-27(25)35/h4-11,14-16,31H,12-13H2,1-3H3,(H,29,30)(H,32,35)/b26-25-. The lowest BCUT2D eigenvalue weighted by Crippen LogP contribution is -2.35. The molecule has 11 heteroatoms. The van der Waals surface area contributed by atoms with Crippen LogP contribution in [0.5, 0.6) is 0 Å². The summed E-state index contributed by atoms with van der Waals surface area (Å²) < 4.78 is 26.3. The number of imidazole rings is 1. The van der Waals surface area contributed by atoms with Crippen LogP contribution in [-0.2, 0) is 14.8 Å². The molecule has 0 bridgehead atoms. The summed E-state index contributed by atoms with van der Waals surface area (Å²) in [6, 6.07) is 18.1. The van der Waals surface area contributed by atoms with Gasteiger partial charge in [0.2, 0.25) is 10.0 Å². The molecule has 0 saturated heterocycles. The fourth-order valence-corrected chi connectivity index (χ4v) is 5.48. The normalized spacial score (nSPS) is 14.5. The van der Waals surface area contributed by atoms with Gasteiger partial charge >= 0.3 is 0 Å². The zero-order valence-electron chi connectivity index (χ0n) is 21.1. The van der Waals surface area contributed by atoms with Gasteiger partial charge in [-0.05, 0) is 62.6 Å². The largest absolute Gasteiger partial charge is 0.354 e. The molecule has 0 spiro atoms. The highest BCUT2D eigenvalue weighted by Crippen LogP contribution is 2.39. The fraction of sp³-hybridized carbons (Fsp3) is 0.185. The van der Waals surface area contributed by atoms with Gasteiger partial charge in [-0.3, -0.25) is 9.10 Å². The van der Waals surface area contributed by atoms with Crippen LogP contribution in [0.1, 0.15) is 11.1 Å². The molecule has 1 aliphatic rings. The Morgan fingerprint density at radius 2 is 1.79 bits per heavy atom. The van der Waals surface area contributed by atoms with Crippen molar-refractivity contribution in [3.05, 3.63) is 83.1 Å². The quantitative estimate of drug-likeness (QED) is 0.279. The van der Waals surface area contributed by atoms with Crippen molar-refractivity contribution in [2.24, 2.45) is 0 Å². The Morgan fingerprint density at radius 3 is 2.50 bits per heavy atom. The number of amides is 1. The van der Waals surface area contributed by atoms with Crippen molar-refractivity contribution in [3.63, 3.8) is 0 Å². The molecular weight excluding hydrogens is 524 g/mol. The molecule has 1 aliphatic heterocycles. The molecule has 0 fully saturated rings. The molecule has 3 N–H and O–H groups in total. The number of sulfonamides is 1. The van der Waals surface area contributed by atoms with Crippen LogP contribution < -0.4 is 14.9 Å². The predicted octanol–water partition coefficient (Wildman–Crippen LogP) is 4.48. The van der Waals surface area contributed by atoms with Gasteiger partial charge in [0.05, 0.1) is 46.3 Å². The third kappa shape index (κ3) is 5.24. The smallest absolute Gasteiger partial charge is 0.258 e. The molecule has 2 heterocycles. The Balaban J connectivity index is 1.56. The van der Waals surface area contributed by atoms with Crippen LogP contribution in [0.25, 0.3) is 22.3 Å². The van der Waals surface area contributed by atoms with Gasteiger partial charge in [-0.1, -0.05) is 23.7 Å². The number of rotatable bonds is 8. The van der Waals surface area contributed by atoms with Crippen LogP contribution >= 0.6 is 11.6 Å². The number of nitrogens with zero attached hydrogens (tertiary/aromatic N) is 3. The van der Waals surface area contributed by atoms with Crippen molar-refractivity contribution >= 4 is 66.9 Å². The minimum atomic E-state index is -3.46. The number of hydrogen-bond donors (Lipinski definition) is 3. The molecule has 196 valence electrons. The summed E-state index contributed by atoms with van der Waals surface area (Å²) >= 11 is 6.17. The van der Waals surface area contributed by atoms with E-state index in [1.54, 1.807) is 42.7 Å². The number of benzene rings is 3. The third-order valence-corrected chi connectivity index (χ3v) is 7.69. The van der Waals surface area contributed by atoms with E-state index in [-0.39, 0.29) is 5.91 Å². The van der Waals surface area contributed by atoms with Crippen LogP contribution in [-0.4, -0.2) is 62.6 Å². The number of aromatic amines is 1. The van der Waals surface area contributed by atoms with E-state index < -0.39 is 10.0 Å². The lowest BCUT2D eigenvalue weighted by molar-refractivity contribution is -0.110. The number of H-pyrrole nitrogens is 1. The number of anilines is 3. The maximum absolute atomic E-state index is 13.2. The number of carbonyl (C=O) groups excluding carboxylic acids is 1. The van der Waals surface area contributed by atoms with Crippen LogP contribution in [0.3, 0.4) is 0 Å².